The van der Waals surface area contributed by atoms with Crippen LogP contribution in [0.15, 0.2) is 41.2 Å². The Hall–Kier alpha value is -3.32. The van der Waals surface area contributed by atoms with Gasteiger partial charge in [0, 0.05) is 11.6 Å². The largest absolute Gasteiger partial charge is 0.435 e. The molecule has 1 atom stereocenters. The highest BCUT2D eigenvalue weighted by atomic mass is 32.2. The van der Waals surface area contributed by atoms with Crippen molar-refractivity contribution in [3.63, 3.8) is 0 Å². The molecule has 2 N–H and O–H groups in total. The average Bonchev–Trinajstić information content (AvgIpc) is 3.02. The molecule has 0 aliphatic carbocycles. The molecule has 0 spiro atoms. The van der Waals surface area contributed by atoms with E-state index >= 15 is 0 Å². The van der Waals surface area contributed by atoms with Gasteiger partial charge in [0.2, 0.25) is 0 Å². The van der Waals surface area contributed by atoms with Gasteiger partial charge in [-0.15, -0.1) is 0 Å². The Morgan fingerprint density at radius 3 is 2.38 bits per heavy atom. The molecule has 13 heteroatoms. The first-order valence-electron chi connectivity index (χ1n) is 11.3. The van der Waals surface area contributed by atoms with E-state index < -0.39 is 51.0 Å². The minimum Gasteiger partial charge on any atom is -0.435 e. The number of rotatable bonds is 7. The van der Waals surface area contributed by atoms with Crippen LogP contribution in [0.25, 0.3) is 16.7 Å². The maximum Gasteiger partial charge on any atom is 0.387 e. The summed E-state index contributed by atoms with van der Waals surface area (Å²) in [6.45, 7) is 2.94. The van der Waals surface area contributed by atoms with Crippen molar-refractivity contribution in [3.8, 4) is 11.4 Å². The van der Waals surface area contributed by atoms with Crippen LogP contribution in [-0.4, -0.2) is 57.8 Å². The van der Waals surface area contributed by atoms with E-state index in [1.165, 1.54) is 36.6 Å². The SMILES string of the molecule is C[C@H](n1c(=O)n(-c2cc(OC(F)F)ccc2F)c2ccc(C(=O)NC3(C)CS(=O)(=O)C3)cc21)C(C)(C)O. The molecule has 2 heterocycles. The van der Waals surface area contributed by atoms with E-state index in [4.69, 9.17) is 0 Å². The molecule has 0 radical (unpaired) electrons. The van der Waals surface area contributed by atoms with Crippen LogP contribution in [0.3, 0.4) is 0 Å². The van der Waals surface area contributed by atoms with E-state index in [2.05, 4.69) is 10.1 Å². The van der Waals surface area contributed by atoms with Crippen LogP contribution >= 0.6 is 0 Å². The molecule has 1 aliphatic heterocycles. The number of fused-ring (bicyclic) bond motifs is 1. The predicted molar refractivity (Wildman–Crippen MR) is 130 cm³/mol. The van der Waals surface area contributed by atoms with E-state index in [1.807, 2.05) is 0 Å². The fraction of sp³-hybridized carbons (Fsp3) is 0.417. The molecular weight excluding hydrogens is 515 g/mol. The first-order chi connectivity index (χ1) is 17.0. The number of carbonyl (C=O) groups excluding carboxylic acids is 1. The number of ether oxygens (including phenoxy) is 1. The predicted octanol–water partition coefficient (Wildman–Crippen LogP) is 2.78. The molecule has 2 aromatic carbocycles. The standard InChI is InChI=1S/C24H26F3N3O6S/c1-13(23(2,3)33)29-19-9-14(20(31)28-24(4)11-37(34,35)12-24)5-8-17(19)30(22(29)32)18-10-15(36-21(26)27)6-7-16(18)25/h5-10,13,21,33H,11-12H2,1-4H3,(H,28,31)/t13-/m0/s1. The van der Waals surface area contributed by atoms with Crippen LogP contribution in [0.1, 0.15) is 44.1 Å². The summed E-state index contributed by atoms with van der Waals surface area (Å²) in [7, 11) is -3.22. The zero-order valence-corrected chi connectivity index (χ0v) is 21.3. The normalized spacial score (nSPS) is 17.4. The summed E-state index contributed by atoms with van der Waals surface area (Å²) in [5, 5.41) is 13.3. The van der Waals surface area contributed by atoms with Crippen molar-refractivity contribution in [2.45, 2.75) is 51.5 Å². The van der Waals surface area contributed by atoms with Gasteiger partial charge in [-0.25, -0.2) is 17.6 Å². The van der Waals surface area contributed by atoms with Gasteiger partial charge in [0.15, 0.2) is 9.84 Å². The Morgan fingerprint density at radius 1 is 1.16 bits per heavy atom. The minimum absolute atomic E-state index is 0.0992. The first-order valence-corrected chi connectivity index (χ1v) is 13.1. The van der Waals surface area contributed by atoms with Gasteiger partial charge in [0.25, 0.3) is 5.91 Å². The molecular formula is C24H26F3N3O6S. The summed E-state index contributed by atoms with van der Waals surface area (Å²) in [6, 6.07) is 6.12. The zero-order valence-electron chi connectivity index (χ0n) is 20.5. The summed E-state index contributed by atoms with van der Waals surface area (Å²) < 4.78 is 70.1. The van der Waals surface area contributed by atoms with Crippen molar-refractivity contribution >= 4 is 26.8 Å². The summed E-state index contributed by atoms with van der Waals surface area (Å²) in [5.74, 6) is -2.25. The lowest BCUT2D eigenvalue weighted by atomic mass is 10.0. The van der Waals surface area contributed by atoms with E-state index in [-0.39, 0.29) is 39.5 Å². The quantitative estimate of drug-likeness (QED) is 0.475. The van der Waals surface area contributed by atoms with Gasteiger partial charge in [-0.1, -0.05) is 0 Å². The van der Waals surface area contributed by atoms with Crippen molar-refractivity contribution in [3.05, 3.63) is 58.3 Å². The lowest BCUT2D eigenvalue weighted by Gasteiger charge is -2.38. The molecule has 37 heavy (non-hydrogen) atoms. The number of carbonyl (C=O) groups is 1. The van der Waals surface area contributed by atoms with E-state index in [0.29, 0.717) is 0 Å². The van der Waals surface area contributed by atoms with Gasteiger partial charge in [0.05, 0.1) is 45.4 Å². The minimum atomic E-state index is -3.22. The number of halogens is 3. The number of benzene rings is 2. The number of hydrogen-bond donors (Lipinski definition) is 2. The molecule has 1 aliphatic rings. The van der Waals surface area contributed by atoms with Gasteiger partial charge < -0.3 is 15.2 Å². The molecule has 4 rings (SSSR count). The third-order valence-corrected chi connectivity index (χ3v) is 8.57. The van der Waals surface area contributed by atoms with E-state index in [9.17, 15) is 36.3 Å². The van der Waals surface area contributed by atoms with E-state index in [0.717, 1.165) is 22.8 Å². The molecule has 0 unspecified atom stereocenters. The Balaban J connectivity index is 1.88. The van der Waals surface area contributed by atoms with Crippen LogP contribution in [0.4, 0.5) is 13.2 Å². The fourth-order valence-corrected chi connectivity index (χ4v) is 6.47. The lowest BCUT2D eigenvalue weighted by molar-refractivity contribution is -0.0498. The van der Waals surface area contributed by atoms with Crippen LogP contribution in [-0.2, 0) is 9.84 Å². The highest BCUT2D eigenvalue weighted by Crippen LogP contribution is 2.30. The second-order valence-electron chi connectivity index (χ2n) is 10.1. The highest BCUT2D eigenvalue weighted by Gasteiger charge is 2.45. The Labute approximate surface area is 210 Å². The smallest absolute Gasteiger partial charge is 0.387 e. The van der Waals surface area contributed by atoms with Crippen molar-refractivity contribution < 1.29 is 36.2 Å². The van der Waals surface area contributed by atoms with Gasteiger partial charge in [-0.2, -0.15) is 8.78 Å². The molecule has 0 bridgehead atoms. The number of aromatic nitrogens is 2. The topological polar surface area (TPSA) is 120 Å². The van der Waals surface area contributed by atoms with Gasteiger partial charge >= 0.3 is 12.3 Å². The van der Waals surface area contributed by atoms with E-state index in [1.54, 1.807) is 13.8 Å². The lowest BCUT2D eigenvalue weighted by Crippen LogP contribution is -2.63. The number of nitrogens with zero attached hydrogens (tertiary/aromatic N) is 2. The molecule has 1 fully saturated rings. The number of aliphatic hydroxyl groups is 1. The highest BCUT2D eigenvalue weighted by molar-refractivity contribution is 7.93. The van der Waals surface area contributed by atoms with Gasteiger partial charge in [0.1, 0.15) is 11.6 Å². The van der Waals surface area contributed by atoms with Crippen molar-refractivity contribution in [2.24, 2.45) is 0 Å². The molecule has 3 aromatic rings. The maximum atomic E-state index is 14.9. The Morgan fingerprint density at radius 2 is 1.81 bits per heavy atom. The summed E-state index contributed by atoms with van der Waals surface area (Å²) in [4.78, 5) is 26.5. The number of alkyl halides is 2. The number of sulfone groups is 1. The van der Waals surface area contributed by atoms with Gasteiger partial charge in [-0.05, 0) is 58.0 Å². The number of hydrogen-bond acceptors (Lipinski definition) is 6. The Bertz CT molecular complexity index is 1540. The molecule has 0 saturated carbocycles. The number of imidazole rings is 1. The summed E-state index contributed by atoms with van der Waals surface area (Å²) in [5.41, 5.74) is -3.10. The molecule has 1 amide bonds. The molecule has 200 valence electrons. The van der Waals surface area contributed by atoms with Crippen LogP contribution in [0.5, 0.6) is 5.75 Å². The average molecular weight is 542 g/mol. The molecule has 1 saturated heterocycles. The third kappa shape index (κ3) is 5.10. The summed E-state index contributed by atoms with van der Waals surface area (Å²) >= 11 is 0. The van der Waals surface area contributed by atoms with Crippen molar-refractivity contribution in [2.75, 3.05) is 11.5 Å². The van der Waals surface area contributed by atoms with Crippen LogP contribution in [0.2, 0.25) is 0 Å². The number of nitrogens with one attached hydrogen (secondary N) is 1. The summed E-state index contributed by atoms with van der Waals surface area (Å²) in [6.07, 6.45) is 0. The fourth-order valence-electron chi connectivity index (χ4n) is 4.47. The third-order valence-electron chi connectivity index (χ3n) is 6.42. The zero-order chi connectivity index (χ0) is 27.5. The van der Waals surface area contributed by atoms with Crippen molar-refractivity contribution in [1.82, 2.24) is 14.5 Å². The molecule has 1 aromatic heterocycles. The van der Waals surface area contributed by atoms with Gasteiger partial charge in [-0.3, -0.25) is 13.9 Å². The van der Waals surface area contributed by atoms with Crippen LogP contribution < -0.4 is 15.7 Å². The second kappa shape index (κ2) is 8.91. The monoisotopic (exact) mass is 541 g/mol. The second-order valence-corrected chi connectivity index (χ2v) is 12.1. The first kappa shape index (κ1) is 26.7. The Kier molecular flexibility index (Phi) is 6.44. The maximum absolute atomic E-state index is 14.9. The molecule has 9 nitrogen and oxygen atoms in total. The van der Waals surface area contributed by atoms with Crippen LogP contribution in [0, 0.1) is 5.82 Å². The van der Waals surface area contributed by atoms with Crippen molar-refractivity contribution in [1.29, 1.82) is 0 Å². The number of amides is 1.